The Morgan fingerprint density at radius 2 is 1.04 bits per heavy atom. The topological polar surface area (TPSA) is 3.24 Å². The number of hydrogen-bond donors (Lipinski definition) is 0. The molecule has 0 heterocycles. The van der Waals surface area contributed by atoms with Crippen molar-refractivity contribution in [2.75, 3.05) is 13.1 Å². The lowest BCUT2D eigenvalue weighted by atomic mass is 9.85. The summed E-state index contributed by atoms with van der Waals surface area (Å²) in [5, 5.41) is 0. The first-order valence-electron chi connectivity index (χ1n) is 10.8. The third kappa shape index (κ3) is 7.59. The Balaban J connectivity index is 1.64. The Hall–Kier alpha value is -0.0400. The molecule has 0 atom stereocenters. The van der Waals surface area contributed by atoms with E-state index in [0.29, 0.717) is 5.54 Å². The Morgan fingerprint density at radius 1 is 0.652 bits per heavy atom. The average Bonchev–Trinajstić information content (AvgIpc) is 2.54. The first-order chi connectivity index (χ1) is 11.1. The van der Waals surface area contributed by atoms with Crippen LogP contribution in [0.4, 0.5) is 0 Å². The molecular formula is C22H43N. The fourth-order valence-corrected chi connectivity index (χ4v) is 4.88. The van der Waals surface area contributed by atoms with E-state index in [2.05, 4.69) is 25.7 Å². The van der Waals surface area contributed by atoms with Crippen LogP contribution in [-0.2, 0) is 0 Å². The van der Waals surface area contributed by atoms with Gasteiger partial charge in [-0.1, -0.05) is 64.2 Å². The molecule has 0 radical (unpaired) electrons. The summed E-state index contributed by atoms with van der Waals surface area (Å²) in [6.45, 7) is 9.88. The minimum absolute atomic E-state index is 0.346. The second kappa shape index (κ2) is 10.1. The quantitative estimate of drug-likeness (QED) is 0.474. The molecule has 23 heavy (non-hydrogen) atoms. The van der Waals surface area contributed by atoms with Gasteiger partial charge in [-0.05, 0) is 71.4 Å². The minimum Gasteiger partial charge on any atom is -0.298 e. The van der Waals surface area contributed by atoms with E-state index in [0.717, 1.165) is 11.8 Å². The van der Waals surface area contributed by atoms with E-state index in [1.807, 2.05) is 0 Å². The molecule has 2 fully saturated rings. The van der Waals surface area contributed by atoms with Gasteiger partial charge in [0.15, 0.2) is 0 Å². The highest BCUT2D eigenvalue weighted by Crippen LogP contribution is 2.29. The SMILES string of the molecule is CC(C)(C)N(CCCC1CCCCC1)CCCC1CCCCC1. The lowest BCUT2D eigenvalue weighted by molar-refractivity contribution is 0.123. The van der Waals surface area contributed by atoms with Gasteiger partial charge < -0.3 is 0 Å². The van der Waals surface area contributed by atoms with Gasteiger partial charge in [0.2, 0.25) is 0 Å². The van der Waals surface area contributed by atoms with Crippen molar-refractivity contribution in [3.8, 4) is 0 Å². The van der Waals surface area contributed by atoms with E-state index in [-0.39, 0.29) is 0 Å². The highest BCUT2D eigenvalue weighted by atomic mass is 15.2. The molecule has 1 heteroatoms. The molecule has 0 spiro atoms. The summed E-state index contributed by atoms with van der Waals surface area (Å²) in [4.78, 5) is 2.78. The van der Waals surface area contributed by atoms with Crippen molar-refractivity contribution < 1.29 is 0 Å². The molecule has 0 aromatic rings. The predicted molar refractivity (Wildman–Crippen MR) is 103 cm³/mol. The summed E-state index contributed by atoms with van der Waals surface area (Å²) in [7, 11) is 0. The van der Waals surface area contributed by atoms with Crippen molar-refractivity contribution in [2.24, 2.45) is 11.8 Å². The smallest absolute Gasteiger partial charge is 0.0125 e. The molecular weight excluding hydrogens is 278 g/mol. The van der Waals surface area contributed by atoms with Crippen LogP contribution in [0.5, 0.6) is 0 Å². The molecule has 2 aliphatic rings. The van der Waals surface area contributed by atoms with Crippen molar-refractivity contribution in [1.29, 1.82) is 0 Å². The normalized spacial score (nSPS) is 21.9. The Bertz CT molecular complexity index is 268. The Labute approximate surface area is 146 Å². The molecule has 0 aliphatic heterocycles. The Kier molecular flexibility index (Phi) is 8.44. The zero-order valence-electron chi connectivity index (χ0n) is 16.4. The van der Waals surface area contributed by atoms with Crippen molar-refractivity contribution in [3.63, 3.8) is 0 Å². The first kappa shape index (κ1) is 19.3. The maximum atomic E-state index is 2.78. The van der Waals surface area contributed by atoms with Crippen LogP contribution < -0.4 is 0 Å². The van der Waals surface area contributed by atoms with Gasteiger partial charge in [-0.3, -0.25) is 4.90 Å². The van der Waals surface area contributed by atoms with Gasteiger partial charge in [-0.2, -0.15) is 0 Å². The largest absolute Gasteiger partial charge is 0.298 e. The molecule has 2 rings (SSSR count). The lowest BCUT2D eigenvalue weighted by Crippen LogP contribution is -2.42. The van der Waals surface area contributed by atoms with Gasteiger partial charge in [0.05, 0.1) is 0 Å². The molecule has 2 aliphatic carbocycles. The van der Waals surface area contributed by atoms with Gasteiger partial charge in [0, 0.05) is 5.54 Å². The molecule has 0 aromatic heterocycles. The van der Waals surface area contributed by atoms with Crippen molar-refractivity contribution in [2.45, 2.75) is 116 Å². The molecule has 0 aromatic carbocycles. The van der Waals surface area contributed by atoms with E-state index in [9.17, 15) is 0 Å². The summed E-state index contributed by atoms with van der Waals surface area (Å²) in [5.41, 5.74) is 0.346. The van der Waals surface area contributed by atoms with E-state index < -0.39 is 0 Å². The zero-order chi connectivity index (χ0) is 16.5. The monoisotopic (exact) mass is 321 g/mol. The highest BCUT2D eigenvalue weighted by molar-refractivity contribution is 4.78. The molecule has 1 nitrogen and oxygen atoms in total. The molecule has 2 saturated carbocycles. The second-order valence-corrected chi connectivity index (χ2v) is 9.45. The van der Waals surface area contributed by atoms with Gasteiger partial charge >= 0.3 is 0 Å². The van der Waals surface area contributed by atoms with Crippen LogP contribution in [0.1, 0.15) is 111 Å². The van der Waals surface area contributed by atoms with Gasteiger partial charge in [-0.15, -0.1) is 0 Å². The maximum absolute atomic E-state index is 2.78. The third-order valence-electron chi connectivity index (χ3n) is 6.48. The second-order valence-electron chi connectivity index (χ2n) is 9.45. The molecule has 0 bridgehead atoms. The van der Waals surface area contributed by atoms with E-state index in [1.165, 1.54) is 103 Å². The van der Waals surface area contributed by atoms with E-state index >= 15 is 0 Å². The summed E-state index contributed by atoms with van der Waals surface area (Å²) in [6.07, 6.45) is 20.8. The molecule has 0 amide bonds. The van der Waals surface area contributed by atoms with E-state index in [4.69, 9.17) is 0 Å². The minimum atomic E-state index is 0.346. The Morgan fingerprint density at radius 3 is 1.39 bits per heavy atom. The van der Waals surface area contributed by atoms with Crippen LogP contribution in [-0.4, -0.2) is 23.5 Å². The fraction of sp³-hybridized carbons (Fsp3) is 1.00. The van der Waals surface area contributed by atoms with Crippen molar-refractivity contribution >= 4 is 0 Å². The zero-order valence-corrected chi connectivity index (χ0v) is 16.4. The maximum Gasteiger partial charge on any atom is 0.0125 e. The summed E-state index contributed by atoms with van der Waals surface area (Å²) < 4.78 is 0. The molecule has 0 unspecified atom stereocenters. The summed E-state index contributed by atoms with van der Waals surface area (Å²) >= 11 is 0. The van der Waals surface area contributed by atoms with E-state index in [1.54, 1.807) is 0 Å². The van der Waals surface area contributed by atoms with Crippen LogP contribution in [0.25, 0.3) is 0 Å². The fourth-order valence-electron chi connectivity index (χ4n) is 4.88. The average molecular weight is 322 g/mol. The molecule has 136 valence electrons. The van der Waals surface area contributed by atoms with Crippen LogP contribution in [0.15, 0.2) is 0 Å². The van der Waals surface area contributed by atoms with Crippen LogP contribution >= 0.6 is 0 Å². The molecule has 0 N–H and O–H groups in total. The number of nitrogens with zero attached hydrogens (tertiary/aromatic N) is 1. The van der Waals surface area contributed by atoms with Crippen LogP contribution in [0.2, 0.25) is 0 Å². The van der Waals surface area contributed by atoms with Crippen LogP contribution in [0, 0.1) is 11.8 Å². The summed E-state index contributed by atoms with van der Waals surface area (Å²) in [5.74, 6) is 2.10. The summed E-state index contributed by atoms with van der Waals surface area (Å²) in [6, 6.07) is 0. The number of hydrogen-bond acceptors (Lipinski definition) is 1. The highest BCUT2D eigenvalue weighted by Gasteiger charge is 2.22. The predicted octanol–water partition coefficient (Wildman–Crippen LogP) is 6.81. The van der Waals surface area contributed by atoms with Gasteiger partial charge in [0.1, 0.15) is 0 Å². The first-order valence-corrected chi connectivity index (χ1v) is 10.8. The third-order valence-corrected chi connectivity index (χ3v) is 6.48. The standard InChI is InChI=1S/C22H43N/c1-22(2,3)23(18-10-16-20-12-6-4-7-13-20)19-11-17-21-14-8-5-9-15-21/h20-21H,4-19H2,1-3H3. The number of rotatable bonds is 8. The van der Waals surface area contributed by atoms with Crippen LogP contribution in [0.3, 0.4) is 0 Å². The van der Waals surface area contributed by atoms with Crippen molar-refractivity contribution in [3.05, 3.63) is 0 Å². The lowest BCUT2D eigenvalue weighted by Gasteiger charge is -2.36. The van der Waals surface area contributed by atoms with Crippen molar-refractivity contribution in [1.82, 2.24) is 4.90 Å². The van der Waals surface area contributed by atoms with Gasteiger partial charge in [-0.25, -0.2) is 0 Å². The van der Waals surface area contributed by atoms with Gasteiger partial charge in [0.25, 0.3) is 0 Å². The molecule has 0 saturated heterocycles.